The molecule has 2 aromatic carbocycles. The van der Waals surface area contributed by atoms with Gasteiger partial charge in [0.15, 0.2) is 5.60 Å². The van der Waals surface area contributed by atoms with E-state index >= 15 is 4.39 Å². The summed E-state index contributed by atoms with van der Waals surface area (Å²) in [6, 6.07) is 7.80. The summed E-state index contributed by atoms with van der Waals surface area (Å²) in [5, 5.41) is 29.3. The van der Waals surface area contributed by atoms with Crippen LogP contribution in [-0.2, 0) is 93.3 Å². The Morgan fingerprint density at radius 1 is 0.887 bits per heavy atom. The van der Waals surface area contributed by atoms with E-state index in [-0.39, 0.29) is 42.6 Å². The first-order valence-corrected chi connectivity index (χ1v) is 26.6. The van der Waals surface area contributed by atoms with Gasteiger partial charge in [0.25, 0.3) is 17.4 Å². The molecule has 1 unspecified atom stereocenters. The molecule has 424 valence electrons. The second kappa shape index (κ2) is 24.1. The van der Waals surface area contributed by atoms with Crippen LogP contribution in [0.1, 0.15) is 71.7 Å². The van der Waals surface area contributed by atoms with Crippen molar-refractivity contribution in [2.45, 2.75) is 89.4 Å². The van der Waals surface area contributed by atoms with Crippen molar-refractivity contribution < 1.29 is 81.0 Å². The van der Waals surface area contributed by atoms with Crippen molar-refractivity contribution in [3.63, 3.8) is 0 Å². The van der Waals surface area contributed by atoms with Gasteiger partial charge in [-0.15, -0.1) is 0 Å². The van der Waals surface area contributed by atoms with E-state index in [1.54, 1.807) is 50.2 Å². The van der Waals surface area contributed by atoms with Gasteiger partial charge < -0.3 is 60.8 Å². The van der Waals surface area contributed by atoms with Crippen LogP contribution >= 0.6 is 7.82 Å². The largest absolute Gasteiger partial charge is 0.470 e. The average Bonchev–Trinajstić information content (AvgIpc) is 4.00. The zero-order chi connectivity index (χ0) is 57.8. The van der Waals surface area contributed by atoms with E-state index in [0.717, 1.165) is 12.2 Å². The molecular weight excluding hydrogens is 1070 g/mol. The molecule has 5 atom stereocenters. The second-order valence-corrected chi connectivity index (χ2v) is 20.3. The molecule has 0 fully saturated rings. The normalized spacial score (nSPS) is 18.1. The van der Waals surface area contributed by atoms with Crippen LogP contribution in [0.25, 0.3) is 22.3 Å². The molecule has 4 aliphatic rings. The summed E-state index contributed by atoms with van der Waals surface area (Å²) in [6.45, 7) is 0.549. The molecule has 3 aliphatic heterocycles. The highest BCUT2D eigenvalue weighted by atomic mass is 31.2. The minimum absolute atomic E-state index is 0.0227. The fourth-order valence-electron chi connectivity index (χ4n) is 9.84. The first kappa shape index (κ1) is 58.0. The highest BCUT2D eigenvalue weighted by Crippen LogP contribution is 2.46. The number of aliphatic hydroxyl groups is 1. The zero-order valence-corrected chi connectivity index (χ0v) is 44.1. The van der Waals surface area contributed by atoms with E-state index in [4.69, 9.17) is 24.2 Å². The molecule has 0 spiro atoms. The van der Waals surface area contributed by atoms with Gasteiger partial charge in [0.05, 0.1) is 54.7 Å². The van der Waals surface area contributed by atoms with Gasteiger partial charge in [-0.25, -0.2) is 18.7 Å². The molecule has 4 aromatic rings. The monoisotopic (exact) mass is 1130 g/mol. The Balaban J connectivity index is 0.842. The Labute approximate surface area is 453 Å². The van der Waals surface area contributed by atoms with Crippen molar-refractivity contribution in [2.75, 3.05) is 39.6 Å². The average molecular weight is 1130 g/mol. The number of nitrogens with one attached hydrogen (secondary N) is 7. The van der Waals surface area contributed by atoms with Crippen LogP contribution in [-0.4, -0.2) is 140 Å². The number of pyridine rings is 2. The van der Waals surface area contributed by atoms with Crippen LogP contribution in [0.2, 0.25) is 0 Å². The Kier molecular flexibility index (Phi) is 17.5. The lowest BCUT2D eigenvalue weighted by Gasteiger charge is -2.31. The number of ether oxygens (including phenoxy) is 2. The van der Waals surface area contributed by atoms with Crippen molar-refractivity contribution in [1.82, 2.24) is 51.7 Å². The number of benzene rings is 2. The third-order valence-electron chi connectivity index (χ3n) is 14.0. The third-order valence-corrected chi connectivity index (χ3v) is 14.5. The highest BCUT2D eigenvalue weighted by Gasteiger charge is 2.46. The summed E-state index contributed by atoms with van der Waals surface area (Å²) in [4.78, 5) is 154. The van der Waals surface area contributed by atoms with E-state index in [1.807, 2.05) is 0 Å². The van der Waals surface area contributed by atoms with E-state index in [2.05, 4.69) is 41.7 Å². The minimum atomic E-state index is -4.90. The number of cyclic esters (lactones) is 1. The number of halogens is 1. The number of aryl methyl sites for hydroxylation is 1. The fourth-order valence-corrected chi connectivity index (χ4v) is 10.1. The van der Waals surface area contributed by atoms with Gasteiger partial charge in [-0.3, -0.25) is 57.9 Å². The fraction of sp³-hybridized carbons (Fsp3) is 0.392. The Bertz CT molecular complexity index is 3350. The van der Waals surface area contributed by atoms with Crippen molar-refractivity contribution in [3.05, 3.63) is 110 Å². The van der Waals surface area contributed by atoms with Crippen LogP contribution < -0.4 is 42.8 Å². The molecule has 8 rings (SSSR count). The molecule has 10 N–H and O–H groups in total. The predicted octanol–water partition coefficient (Wildman–Crippen LogP) is -1.86. The number of phosphoric ester groups is 1. The molecule has 80 heavy (non-hydrogen) atoms. The molecule has 8 amide bonds. The number of phosphoric acid groups is 1. The quantitative estimate of drug-likeness (QED) is 0.0113. The zero-order valence-electron chi connectivity index (χ0n) is 43.2. The lowest BCUT2D eigenvalue weighted by atomic mass is 9.81. The van der Waals surface area contributed by atoms with Gasteiger partial charge in [0.1, 0.15) is 44.1 Å². The molecule has 0 saturated heterocycles. The summed E-state index contributed by atoms with van der Waals surface area (Å²) in [5.41, 5.74) is 1.51. The molecule has 2 aromatic heterocycles. The number of aromatic nitrogens is 2. The number of nitrogens with zero attached hydrogens (tertiary/aromatic N) is 3. The molecule has 1 aliphatic carbocycles. The van der Waals surface area contributed by atoms with Crippen LogP contribution in [0.3, 0.4) is 0 Å². The number of hydrogen-bond donors (Lipinski definition) is 10. The maximum absolute atomic E-state index is 15.4. The topological polar surface area (TPSA) is 381 Å². The number of amides is 8. The van der Waals surface area contributed by atoms with Crippen molar-refractivity contribution in [1.29, 1.82) is 0 Å². The summed E-state index contributed by atoms with van der Waals surface area (Å²) in [5.74, 6) is -8.00. The molecule has 0 radical (unpaired) electrons. The summed E-state index contributed by atoms with van der Waals surface area (Å²) in [6.07, 6.45) is 1.22. The van der Waals surface area contributed by atoms with Gasteiger partial charge in [0.2, 0.25) is 35.4 Å². The van der Waals surface area contributed by atoms with E-state index in [1.165, 1.54) is 17.6 Å². The van der Waals surface area contributed by atoms with Gasteiger partial charge >= 0.3 is 13.8 Å². The summed E-state index contributed by atoms with van der Waals surface area (Å²) in [7, 11) is -4.90. The SMILES string of the molecule is CC[C@@]1(O)C(=O)OCc2c1cc1n(c2=O)Cc2c-1nc1cc(F)c(C)c3c1c2[C@@H](NC(=O)[C@@H](C)OCNC(=O)CNC(=O)[C@H](Cc1ccccc1)NC(=O)CNC(=O)CNC(=O)C(CNCOP(=O)(O)O)N1C(=O)C=CC1=O)CC3. The first-order chi connectivity index (χ1) is 38.0. The van der Waals surface area contributed by atoms with Crippen LogP contribution in [0.4, 0.5) is 4.39 Å². The number of fused-ring (bicyclic) bond motifs is 5. The smallest absolute Gasteiger partial charge is 0.458 e. The van der Waals surface area contributed by atoms with E-state index in [0.29, 0.717) is 62.3 Å². The minimum Gasteiger partial charge on any atom is -0.458 e. The molecule has 5 heterocycles. The number of hydrogen-bond acceptors (Lipinski definition) is 17. The van der Waals surface area contributed by atoms with Crippen molar-refractivity contribution in [2.24, 2.45) is 0 Å². The predicted molar refractivity (Wildman–Crippen MR) is 274 cm³/mol. The number of esters is 1. The molecule has 27 nitrogen and oxygen atoms in total. The number of imide groups is 1. The van der Waals surface area contributed by atoms with E-state index < -0.39 is 142 Å². The van der Waals surface area contributed by atoms with Gasteiger partial charge in [-0.05, 0) is 61.4 Å². The Morgan fingerprint density at radius 3 is 2.25 bits per heavy atom. The van der Waals surface area contributed by atoms with Crippen LogP contribution in [0.5, 0.6) is 0 Å². The number of carbonyl (C=O) groups is 9. The third kappa shape index (κ3) is 12.5. The van der Waals surface area contributed by atoms with Crippen LogP contribution in [0.15, 0.2) is 59.4 Å². The van der Waals surface area contributed by atoms with E-state index in [9.17, 15) is 57.6 Å². The van der Waals surface area contributed by atoms with Gasteiger partial charge in [-0.2, -0.15) is 0 Å². The van der Waals surface area contributed by atoms with Gasteiger partial charge in [-0.1, -0.05) is 37.3 Å². The Morgan fingerprint density at radius 2 is 1.56 bits per heavy atom. The first-order valence-electron chi connectivity index (χ1n) is 25.1. The standard InChI is InChI=1S/C51H56FN10O17P/c1-4-51(73)31-15-36-45-29(21-61(36)49(71)30(31)22-77-50(51)72)44-33(11-10-28-25(2)32(52)16-34(59-45)43(28)44)60-46(68)26(3)78-24-57-39(64)19-55-47(69)35(14-27-8-6-5-7-9-27)58-40(65)20-54-38(63)18-56-48(70)37(17-53-23-79-80(74,75)76)62-41(66)12-13-42(62)67/h5-9,12-13,15-16,26,33,35,37,53,73H,4,10-11,14,17-24H2,1-3H3,(H,54,63)(H,55,69)(H,56,70)(H,57,64)(H,58,65)(H,60,68)(H2,74,75,76)/t26-,33+,35+,37?,51+/m1/s1. The van der Waals surface area contributed by atoms with Crippen molar-refractivity contribution in [3.8, 4) is 11.4 Å². The molecule has 0 bridgehead atoms. The Hall–Kier alpha value is -8.11. The number of carbonyl (C=O) groups excluding carboxylic acids is 9. The number of rotatable bonds is 23. The molecule has 29 heteroatoms. The summed E-state index contributed by atoms with van der Waals surface area (Å²) < 4.78 is 43.0. The van der Waals surface area contributed by atoms with Crippen molar-refractivity contribution >= 4 is 72.0 Å². The van der Waals surface area contributed by atoms with Crippen LogP contribution in [0, 0.1) is 12.7 Å². The van der Waals surface area contributed by atoms with Gasteiger partial charge in [0, 0.05) is 47.7 Å². The maximum atomic E-state index is 15.4. The highest BCUT2D eigenvalue weighted by molar-refractivity contribution is 7.46. The summed E-state index contributed by atoms with van der Waals surface area (Å²) >= 11 is 0. The lowest BCUT2D eigenvalue weighted by molar-refractivity contribution is -0.172. The second-order valence-electron chi connectivity index (χ2n) is 19.1. The maximum Gasteiger partial charge on any atom is 0.470 e. The lowest BCUT2D eigenvalue weighted by Crippen LogP contribution is -2.55. The molecular formula is C51H56FN10O17P. The molecule has 0 saturated carbocycles.